The molecule has 0 radical (unpaired) electrons. The minimum atomic E-state index is -0.821. The van der Waals surface area contributed by atoms with Gasteiger partial charge in [0.2, 0.25) is 0 Å². The molecular weight excluding hydrogens is 396 g/mol. The summed E-state index contributed by atoms with van der Waals surface area (Å²) in [5.74, 6) is -0.301. The Hall–Kier alpha value is -3.46. The summed E-state index contributed by atoms with van der Waals surface area (Å²) >= 11 is 1.44. The van der Waals surface area contributed by atoms with Gasteiger partial charge in [0.05, 0.1) is 16.7 Å². The van der Waals surface area contributed by atoms with Gasteiger partial charge in [-0.25, -0.2) is 9.78 Å². The molecule has 8 nitrogen and oxygen atoms in total. The quantitative estimate of drug-likeness (QED) is 0.352. The molecule has 0 spiro atoms. The first-order valence-electron chi connectivity index (χ1n) is 8.78. The van der Waals surface area contributed by atoms with Crippen LogP contribution in [0.15, 0.2) is 41.8 Å². The van der Waals surface area contributed by atoms with Gasteiger partial charge in [0.15, 0.2) is 11.5 Å². The first kappa shape index (κ1) is 18.9. The number of carbonyl (C=O) groups excluding carboxylic acids is 1. The number of hydrogen-bond acceptors (Lipinski definition) is 8. The van der Waals surface area contributed by atoms with Crippen LogP contribution in [0, 0.1) is 17.0 Å². The number of rotatable bonds is 5. The number of nitro benzene ring substituents is 1. The van der Waals surface area contributed by atoms with Gasteiger partial charge in [-0.2, -0.15) is 0 Å². The largest absolute Gasteiger partial charge is 0.486 e. The van der Waals surface area contributed by atoms with E-state index in [9.17, 15) is 14.9 Å². The maximum atomic E-state index is 12.5. The molecule has 0 unspecified atom stereocenters. The van der Waals surface area contributed by atoms with Crippen molar-refractivity contribution in [3.63, 3.8) is 0 Å². The number of aryl methyl sites for hydroxylation is 1. The minimum Gasteiger partial charge on any atom is -0.486 e. The Morgan fingerprint density at radius 3 is 2.59 bits per heavy atom. The normalized spacial score (nSPS) is 12.4. The van der Waals surface area contributed by atoms with Crippen molar-refractivity contribution in [2.24, 2.45) is 0 Å². The van der Waals surface area contributed by atoms with Crippen LogP contribution in [-0.2, 0) is 11.3 Å². The number of nitro groups is 1. The van der Waals surface area contributed by atoms with Gasteiger partial charge in [-0.15, -0.1) is 11.3 Å². The number of carbonyl (C=O) groups is 1. The topological polar surface area (TPSA) is 101 Å². The number of ether oxygens (including phenoxy) is 3. The van der Waals surface area contributed by atoms with Gasteiger partial charge >= 0.3 is 5.97 Å². The van der Waals surface area contributed by atoms with E-state index in [4.69, 9.17) is 14.2 Å². The maximum Gasteiger partial charge on any atom is 0.345 e. The monoisotopic (exact) mass is 412 g/mol. The van der Waals surface area contributed by atoms with Crippen molar-refractivity contribution in [3.8, 4) is 22.1 Å². The zero-order valence-electron chi connectivity index (χ0n) is 15.4. The van der Waals surface area contributed by atoms with E-state index in [2.05, 4.69) is 4.98 Å². The Bertz CT molecular complexity index is 1080. The summed E-state index contributed by atoms with van der Waals surface area (Å²) in [5, 5.41) is 14.0. The van der Waals surface area contributed by atoms with E-state index >= 15 is 0 Å². The predicted octanol–water partition coefficient (Wildman–Crippen LogP) is 4.15. The molecule has 2 aromatic carbocycles. The Labute approximate surface area is 169 Å². The Morgan fingerprint density at radius 1 is 1.21 bits per heavy atom. The molecule has 0 fully saturated rings. The third kappa shape index (κ3) is 4.04. The second-order valence-corrected chi connectivity index (χ2v) is 7.21. The fourth-order valence-electron chi connectivity index (χ4n) is 2.81. The Kier molecular flexibility index (Phi) is 5.13. The van der Waals surface area contributed by atoms with E-state index in [-0.39, 0.29) is 23.7 Å². The molecule has 1 aliphatic rings. The van der Waals surface area contributed by atoms with E-state index in [1.807, 2.05) is 31.2 Å². The lowest BCUT2D eigenvalue weighted by Gasteiger charge is -2.18. The third-order valence-corrected chi connectivity index (χ3v) is 5.22. The van der Waals surface area contributed by atoms with Crippen molar-refractivity contribution in [2.75, 3.05) is 13.2 Å². The number of benzene rings is 2. The van der Waals surface area contributed by atoms with Crippen molar-refractivity contribution < 1.29 is 23.9 Å². The first-order chi connectivity index (χ1) is 14.0. The SMILES string of the molecule is Cc1ccc(-c2nc(COC(=O)c3cc4c(cc3[N+](=O)[O-])OCCO4)cs2)cc1. The predicted molar refractivity (Wildman–Crippen MR) is 105 cm³/mol. The molecule has 29 heavy (non-hydrogen) atoms. The van der Waals surface area contributed by atoms with Crippen LogP contribution in [0.25, 0.3) is 10.6 Å². The zero-order valence-corrected chi connectivity index (χ0v) is 16.2. The lowest BCUT2D eigenvalue weighted by molar-refractivity contribution is -0.385. The summed E-state index contributed by atoms with van der Waals surface area (Å²) in [6.45, 7) is 2.52. The first-order valence-corrected chi connectivity index (χ1v) is 9.66. The van der Waals surface area contributed by atoms with Crippen LogP contribution in [0.2, 0.25) is 0 Å². The summed E-state index contributed by atoms with van der Waals surface area (Å²) in [6.07, 6.45) is 0. The van der Waals surface area contributed by atoms with Gasteiger partial charge < -0.3 is 14.2 Å². The van der Waals surface area contributed by atoms with Crippen LogP contribution in [-0.4, -0.2) is 29.1 Å². The molecule has 0 saturated heterocycles. The van der Waals surface area contributed by atoms with Crippen LogP contribution in [0.1, 0.15) is 21.6 Å². The number of nitrogens with zero attached hydrogens (tertiary/aromatic N) is 2. The molecule has 4 rings (SSSR count). The highest BCUT2D eigenvalue weighted by Crippen LogP contribution is 2.37. The number of esters is 1. The lowest BCUT2D eigenvalue weighted by Crippen LogP contribution is -2.17. The van der Waals surface area contributed by atoms with Gasteiger partial charge in [0, 0.05) is 17.0 Å². The van der Waals surface area contributed by atoms with Gasteiger partial charge in [-0.05, 0) is 6.92 Å². The average Bonchev–Trinajstić information content (AvgIpc) is 3.20. The molecule has 0 amide bonds. The van der Waals surface area contributed by atoms with Crippen LogP contribution < -0.4 is 9.47 Å². The summed E-state index contributed by atoms with van der Waals surface area (Å²) in [7, 11) is 0. The van der Waals surface area contributed by atoms with E-state index in [0.717, 1.165) is 16.1 Å². The second-order valence-electron chi connectivity index (χ2n) is 6.36. The minimum absolute atomic E-state index is 0.0905. The summed E-state index contributed by atoms with van der Waals surface area (Å²) in [5.41, 5.74) is 2.12. The molecule has 148 valence electrons. The number of fused-ring (bicyclic) bond motifs is 1. The molecule has 3 aromatic rings. The summed E-state index contributed by atoms with van der Waals surface area (Å²) < 4.78 is 16.0. The van der Waals surface area contributed by atoms with Crippen LogP contribution in [0.4, 0.5) is 5.69 Å². The fourth-order valence-corrected chi connectivity index (χ4v) is 3.62. The standard InChI is InChI=1S/C20H16N2O6S/c1-12-2-4-13(5-3-12)19-21-14(11-29-19)10-28-20(23)15-8-17-18(27-7-6-26-17)9-16(15)22(24)25/h2-5,8-9,11H,6-7,10H2,1H3. The summed E-state index contributed by atoms with van der Waals surface area (Å²) in [4.78, 5) is 27.7. The molecule has 9 heteroatoms. The van der Waals surface area contributed by atoms with Crippen molar-refractivity contribution in [3.05, 3.63) is 68.7 Å². The number of aromatic nitrogens is 1. The third-order valence-electron chi connectivity index (χ3n) is 4.28. The number of hydrogen-bond donors (Lipinski definition) is 0. The molecule has 0 aliphatic carbocycles. The van der Waals surface area contributed by atoms with E-state index < -0.39 is 16.6 Å². The number of thiazole rings is 1. The van der Waals surface area contributed by atoms with Crippen molar-refractivity contribution in [1.82, 2.24) is 4.98 Å². The lowest BCUT2D eigenvalue weighted by atomic mass is 10.1. The van der Waals surface area contributed by atoms with E-state index in [1.54, 1.807) is 5.38 Å². The van der Waals surface area contributed by atoms with E-state index in [0.29, 0.717) is 18.9 Å². The van der Waals surface area contributed by atoms with Crippen LogP contribution in [0.5, 0.6) is 11.5 Å². The summed E-state index contributed by atoms with van der Waals surface area (Å²) in [6, 6.07) is 10.4. The van der Waals surface area contributed by atoms with Crippen molar-refractivity contribution in [1.29, 1.82) is 0 Å². The molecule has 0 bridgehead atoms. The Balaban J connectivity index is 1.50. The molecule has 0 N–H and O–H groups in total. The molecule has 1 aromatic heterocycles. The molecule has 1 aliphatic heterocycles. The average molecular weight is 412 g/mol. The molecular formula is C20H16N2O6S. The van der Waals surface area contributed by atoms with E-state index in [1.165, 1.54) is 23.5 Å². The van der Waals surface area contributed by atoms with Gasteiger partial charge in [0.1, 0.15) is 30.4 Å². The Morgan fingerprint density at radius 2 is 1.90 bits per heavy atom. The molecule has 2 heterocycles. The molecule has 0 atom stereocenters. The highest BCUT2D eigenvalue weighted by atomic mass is 32.1. The zero-order chi connectivity index (χ0) is 20.4. The second kappa shape index (κ2) is 7.88. The van der Waals surface area contributed by atoms with Gasteiger partial charge in [-0.3, -0.25) is 10.1 Å². The molecule has 0 saturated carbocycles. The van der Waals surface area contributed by atoms with Crippen molar-refractivity contribution >= 4 is 23.0 Å². The highest BCUT2D eigenvalue weighted by molar-refractivity contribution is 7.13. The van der Waals surface area contributed by atoms with Crippen LogP contribution in [0.3, 0.4) is 0 Å². The van der Waals surface area contributed by atoms with Crippen LogP contribution >= 0.6 is 11.3 Å². The van der Waals surface area contributed by atoms with Crippen molar-refractivity contribution in [2.45, 2.75) is 13.5 Å². The highest BCUT2D eigenvalue weighted by Gasteiger charge is 2.27. The maximum absolute atomic E-state index is 12.5. The van der Waals surface area contributed by atoms with Gasteiger partial charge in [0.25, 0.3) is 5.69 Å². The fraction of sp³-hybridized carbons (Fsp3) is 0.200. The smallest absolute Gasteiger partial charge is 0.345 e. The van der Waals surface area contributed by atoms with Gasteiger partial charge in [-0.1, -0.05) is 29.8 Å².